The number of amidine groups is 2. The topological polar surface area (TPSA) is 64.8 Å². The van der Waals surface area contributed by atoms with E-state index in [4.69, 9.17) is 19.7 Å². The molecule has 5 nitrogen and oxygen atoms in total. The summed E-state index contributed by atoms with van der Waals surface area (Å²) in [7, 11) is 0. The average molecular weight is 654 g/mol. The molecule has 5 heteroatoms. The average Bonchev–Trinajstić information content (AvgIpc) is 3.58. The Balaban J connectivity index is 1.21. The maximum Gasteiger partial charge on any atom is 0.143 e. The molecule has 0 N–H and O–H groups in total. The Bertz CT molecular complexity index is 2840. The van der Waals surface area contributed by atoms with E-state index >= 15 is 0 Å². The SMILES string of the molecule is c1ccc(C2=NC(c3ccccc3)[N-]C(c3ccccc3-c3ccc(-c4ccc5ccccc5c4)c4oc5cc6ccncc6cc5c34)=N2)cc1. The van der Waals surface area contributed by atoms with Crippen LogP contribution in [0.3, 0.4) is 0 Å². The molecule has 51 heavy (non-hydrogen) atoms. The first-order chi connectivity index (χ1) is 25.3. The van der Waals surface area contributed by atoms with Crippen LogP contribution in [-0.2, 0) is 0 Å². The summed E-state index contributed by atoms with van der Waals surface area (Å²) in [6.45, 7) is 0. The molecule has 1 atom stereocenters. The highest BCUT2D eigenvalue weighted by Gasteiger charge is 2.21. The second kappa shape index (κ2) is 11.9. The Hall–Kier alpha value is -6.85. The molecular weight excluding hydrogens is 625 g/mol. The van der Waals surface area contributed by atoms with Gasteiger partial charge in [-0.1, -0.05) is 133 Å². The van der Waals surface area contributed by atoms with Crippen molar-refractivity contribution in [1.29, 1.82) is 0 Å². The summed E-state index contributed by atoms with van der Waals surface area (Å²) in [5, 5.41) is 11.8. The molecule has 240 valence electrons. The minimum atomic E-state index is -0.425. The monoisotopic (exact) mass is 653 g/mol. The molecule has 0 radical (unpaired) electrons. The number of rotatable bonds is 5. The van der Waals surface area contributed by atoms with Crippen molar-refractivity contribution >= 4 is 55.2 Å². The quantitative estimate of drug-likeness (QED) is 0.185. The lowest BCUT2D eigenvalue weighted by molar-refractivity contribution is 0.670. The Morgan fingerprint density at radius 3 is 2.12 bits per heavy atom. The fourth-order valence-electron chi connectivity index (χ4n) is 7.23. The number of benzene rings is 7. The second-order valence-corrected chi connectivity index (χ2v) is 12.8. The van der Waals surface area contributed by atoms with Crippen LogP contribution in [0.2, 0.25) is 0 Å². The highest BCUT2D eigenvalue weighted by atomic mass is 16.3. The summed E-state index contributed by atoms with van der Waals surface area (Å²) < 4.78 is 6.86. The fourth-order valence-corrected chi connectivity index (χ4v) is 7.23. The first kappa shape index (κ1) is 29.1. The predicted molar refractivity (Wildman–Crippen MR) is 209 cm³/mol. The molecule has 1 unspecified atom stereocenters. The van der Waals surface area contributed by atoms with E-state index in [-0.39, 0.29) is 0 Å². The molecular formula is C46H29N4O-. The van der Waals surface area contributed by atoms with Crippen LogP contribution < -0.4 is 0 Å². The molecule has 0 amide bonds. The lowest BCUT2D eigenvalue weighted by atomic mass is 9.91. The summed E-state index contributed by atoms with van der Waals surface area (Å²) in [5.41, 5.74) is 8.77. The van der Waals surface area contributed by atoms with Gasteiger partial charge in [0, 0.05) is 34.1 Å². The molecule has 3 heterocycles. The van der Waals surface area contributed by atoms with E-state index in [9.17, 15) is 0 Å². The molecule has 0 saturated heterocycles. The molecule has 10 rings (SSSR count). The predicted octanol–water partition coefficient (Wildman–Crippen LogP) is 11.9. The molecule has 2 aromatic heterocycles. The molecule has 0 spiro atoms. The molecule has 0 bridgehead atoms. The van der Waals surface area contributed by atoms with Crippen LogP contribution in [0.1, 0.15) is 22.9 Å². The summed E-state index contributed by atoms with van der Waals surface area (Å²) in [5.74, 6) is 1.30. The Kier molecular flexibility index (Phi) is 6.81. The molecule has 1 aliphatic rings. The molecule has 7 aromatic carbocycles. The number of fused-ring (bicyclic) bond motifs is 5. The summed E-state index contributed by atoms with van der Waals surface area (Å²) in [4.78, 5) is 14.6. The first-order valence-electron chi connectivity index (χ1n) is 17.1. The third-order valence-corrected chi connectivity index (χ3v) is 9.73. The van der Waals surface area contributed by atoms with Gasteiger partial charge in [-0.15, -0.1) is 0 Å². The largest absolute Gasteiger partial charge is 0.455 e. The van der Waals surface area contributed by atoms with E-state index in [2.05, 4.69) is 108 Å². The normalized spacial score (nSPS) is 14.5. The van der Waals surface area contributed by atoms with Gasteiger partial charge in [-0.2, -0.15) is 0 Å². The van der Waals surface area contributed by atoms with Gasteiger partial charge in [0.05, 0.1) is 12.0 Å². The van der Waals surface area contributed by atoms with Crippen LogP contribution in [0.25, 0.3) is 71.1 Å². The van der Waals surface area contributed by atoms with Gasteiger partial charge in [0.25, 0.3) is 0 Å². The van der Waals surface area contributed by atoms with Gasteiger partial charge in [0.1, 0.15) is 11.2 Å². The van der Waals surface area contributed by atoms with Gasteiger partial charge in [0.15, 0.2) is 0 Å². The van der Waals surface area contributed by atoms with E-state index in [0.29, 0.717) is 11.7 Å². The van der Waals surface area contributed by atoms with Crippen molar-refractivity contribution < 1.29 is 4.42 Å². The van der Waals surface area contributed by atoms with Gasteiger partial charge in [0.2, 0.25) is 0 Å². The Labute approximate surface area is 294 Å². The summed E-state index contributed by atoms with van der Waals surface area (Å²) in [6.07, 6.45) is 3.31. The van der Waals surface area contributed by atoms with Gasteiger partial charge in [-0.25, -0.2) is 0 Å². The van der Waals surface area contributed by atoms with Gasteiger partial charge >= 0.3 is 0 Å². The van der Waals surface area contributed by atoms with E-state index in [1.54, 1.807) is 0 Å². The van der Waals surface area contributed by atoms with Crippen LogP contribution >= 0.6 is 0 Å². The van der Waals surface area contributed by atoms with Crippen LogP contribution in [0.15, 0.2) is 185 Å². The van der Waals surface area contributed by atoms with E-state index in [1.807, 2.05) is 67.0 Å². The van der Waals surface area contributed by atoms with Gasteiger partial charge in [-0.05, 0) is 79.9 Å². The van der Waals surface area contributed by atoms with Crippen molar-refractivity contribution in [2.75, 3.05) is 0 Å². The standard InChI is InChI=1S/C46H29N4O/c1-3-12-30(13-4-1)44-48-45(31-14-5-2-6-15-31)50-46(49-44)39-18-10-9-17-37(39)38-22-21-36(34-20-19-29-11-7-8-16-32(29)25-34)43-42(38)40-26-35-28-47-24-23-33(35)27-41(40)51-43/h1-28,44H/q-1. The number of aromatic nitrogens is 1. The molecule has 1 aliphatic heterocycles. The first-order valence-corrected chi connectivity index (χ1v) is 17.1. The van der Waals surface area contributed by atoms with E-state index in [0.717, 1.165) is 71.7 Å². The van der Waals surface area contributed by atoms with Gasteiger partial charge in [-0.3, -0.25) is 9.98 Å². The van der Waals surface area contributed by atoms with Crippen molar-refractivity contribution in [2.45, 2.75) is 6.17 Å². The number of furan rings is 1. The Morgan fingerprint density at radius 2 is 1.25 bits per heavy atom. The summed E-state index contributed by atoms with van der Waals surface area (Å²) >= 11 is 0. The van der Waals surface area contributed by atoms with Crippen molar-refractivity contribution in [1.82, 2.24) is 4.98 Å². The molecule has 9 aromatic rings. The van der Waals surface area contributed by atoms with Crippen molar-refractivity contribution in [2.24, 2.45) is 9.98 Å². The number of nitrogens with zero attached hydrogens (tertiary/aromatic N) is 4. The second-order valence-electron chi connectivity index (χ2n) is 12.8. The molecule has 0 aliphatic carbocycles. The highest BCUT2D eigenvalue weighted by molar-refractivity contribution is 6.24. The number of aliphatic imine (C=N–C) groups is 2. The van der Waals surface area contributed by atoms with Crippen molar-refractivity contribution in [3.8, 4) is 22.3 Å². The zero-order chi connectivity index (χ0) is 33.7. The zero-order valence-corrected chi connectivity index (χ0v) is 27.4. The third kappa shape index (κ3) is 5.06. The number of hydrogen-bond donors (Lipinski definition) is 0. The van der Waals surface area contributed by atoms with Crippen LogP contribution in [0.4, 0.5) is 0 Å². The lowest BCUT2D eigenvalue weighted by Gasteiger charge is -2.33. The van der Waals surface area contributed by atoms with Crippen LogP contribution in [0, 0.1) is 0 Å². The smallest absolute Gasteiger partial charge is 0.143 e. The molecule has 0 fully saturated rings. The summed E-state index contributed by atoms with van der Waals surface area (Å²) in [6, 6.07) is 54.6. The third-order valence-electron chi connectivity index (χ3n) is 9.73. The minimum Gasteiger partial charge on any atom is -0.455 e. The van der Waals surface area contributed by atoms with Crippen molar-refractivity contribution in [3.63, 3.8) is 0 Å². The number of hydrogen-bond acceptors (Lipinski definition) is 4. The van der Waals surface area contributed by atoms with Crippen LogP contribution in [0.5, 0.6) is 0 Å². The zero-order valence-electron chi connectivity index (χ0n) is 27.4. The van der Waals surface area contributed by atoms with Gasteiger partial charge < -0.3 is 14.7 Å². The van der Waals surface area contributed by atoms with Crippen molar-refractivity contribution in [3.05, 3.63) is 192 Å². The maximum absolute atomic E-state index is 6.86. The maximum atomic E-state index is 6.86. The fraction of sp³-hybridized carbons (Fsp3) is 0.0217. The number of pyridine rings is 1. The van der Waals surface area contributed by atoms with E-state index < -0.39 is 6.17 Å². The highest BCUT2D eigenvalue weighted by Crippen LogP contribution is 2.45. The Morgan fingerprint density at radius 1 is 0.529 bits per heavy atom. The lowest BCUT2D eigenvalue weighted by Crippen LogP contribution is -2.16. The minimum absolute atomic E-state index is 0.425. The molecule has 0 saturated carbocycles. The van der Waals surface area contributed by atoms with Crippen LogP contribution in [-0.4, -0.2) is 16.7 Å². The van der Waals surface area contributed by atoms with E-state index in [1.165, 1.54) is 10.8 Å².